The molecule has 1 atom stereocenters. The molecule has 2 aromatic rings. The van der Waals surface area contributed by atoms with Gasteiger partial charge in [-0.2, -0.15) is 4.72 Å². The molecule has 0 heterocycles. The Morgan fingerprint density at radius 2 is 1.59 bits per heavy atom. The van der Waals surface area contributed by atoms with Crippen LogP contribution >= 0.6 is 0 Å². The first-order chi connectivity index (χ1) is 15.2. The third kappa shape index (κ3) is 3.97. The minimum atomic E-state index is -3.88. The molecule has 6 nitrogen and oxygen atoms in total. The molecule has 0 aromatic heterocycles. The van der Waals surface area contributed by atoms with Crippen LogP contribution in [0, 0.1) is 23.2 Å². The summed E-state index contributed by atoms with van der Waals surface area (Å²) in [5.74, 6) is 1.16. The van der Waals surface area contributed by atoms with Gasteiger partial charge in [0, 0.05) is 5.41 Å². The molecule has 4 aliphatic rings. The first kappa shape index (κ1) is 21.6. The van der Waals surface area contributed by atoms with Crippen LogP contribution in [0.2, 0.25) is 0 Å². The number of ketones is 1. The highest BCUT2D eigenvalue weighted by molar-refractivity contribution is 7.89. The molecule has 4 aliphatic carbocycles. The van der Waals surface area contributed by atoms with Crippen LogP contribution in [0.25, 0.3) is 10.8 Å². The summed E-state index contributed by atoms with van der Waals surface area (Å²) in [6.45, 7) is 1.12. The summed E-state index contributed by atoms with van der Waals surface area (Å²) in [5, 5.41) is 1.73. The molecule has 0 aliphatic heterocycles. The number of hydrogen-bond donors (Lipinski definition) is 1. The third-order valence-corrected chi connectivity index (χ3v) is 9.08. The number of esters is 1. The van der Waals surface area contributed by atoms with E-state index in [1.54, 1.807) is 19.1 Å². The maximum absolute atomic E-state index is 13.3. The molecule has 32 heavy (non-hydrogen) atoms. The van der Waals surface area contributed by atoms with E-state index in [1.165, 1.54) is 25.3 Å². The third-order valence-electron chi connectivity index (χ3n) is 7.68. The highest BCUT2D eigenvalue weighted by Gasteiger charge is 2.55. The standard InChI is InChI=1S/C25H29NO5S/c1-16(24(28)25-12-17-8-18(13-25)10-19(9-17)14-25)31-23(27)15-26-32(29,30)22-7-6-20-4-2-3-5-21(20)11-22/h2-7,11,16-19,26H,8-10,12-15H2,1H3/t16-,17?,18?,19?,25?/m0/s1. The molecule has 1 N–H and O–H groups in total. The maximum atomic E-state index is 13.3. The van der Waals surface area contributed by atoms with E-state index >= 15 is 0 Å². The van der Waals surface area contributed by atoms with E-state index in [-0.39, 0.29) is 16.1 Å². The molecule has 6 rings (SSSR count). The van der Waals surface area contributed by atoms with E-state index < -0.39 is 28.6 Å². The van der Waals surface area contributed by atoms with Gasteiger partial charge in [0.1, 0.15) is 6.54 Å². The molecule has 4 saturated carbocycles. The second-order valence-corrected chi connectivity index (χ2v) is 11.8. The summed E-state index contributed by atoms with van der Waals surface area (Å²) in [7, 11) is -3.88. The van der Waals surface area contributed by atoms with Gasteiger partial charge in [0.2, 0.25) is 10.0 Å². The van der Waals surface area contributed by atoms with Crippen LogP contribution in [-0.4, -0.2) is 32.8 Å². The molecule has 7 heteroatoms. The Hall–Kier alpha value is -2.25. The predicted molar refractivity (Wildman–Crippen MR) is 120 cm³/mol. The highest BCUT2D eigenvalue weighted by atomic mass is 32.2. The summed E-state index contributed by atoms with van der Waals surface area (Å²) >= 11 is 0. The zero-order chi connectivity index (χ0) is 22.5. The highest BCUT2D eigenvalue weighted by Crippen LogP contribution is 2.60. The minimum Gasteiger partial charge on any atom is -0.454 e. The van der Waals surface area contributed by atoms with Crippen molar-refractivity contribution in [2.45, 2.75) is 56.4 Å². The fourth-order valence-electron chi connectivity index (χ4n) is 6.71. The van der Waals surface area contributed by atoms with Gasteiger partial charge in [-0.05, 0) is 86.1 Å². The van der Waals surface area contributed by atoms with Crippen molar-refractivity contribution in [3.8, 4) is 0 Å². The number of Topliss-reactive ketones (excluding diaryl/α,β-unsaturated/α-hetero) is 1. The quantitative estimate of drug-likeness (QED) is 0.641. The molecule has 0 saturated heterocycles. The van der Waals surface area contributed by atoms with Crippen molar-refractivity contribution in [3.05, 3.63) is 42.5 Å². The summed E-state index contributed by atoms with van der Waals surface area (Å²) in [6.07, 6.45) is 5.58. The Labute approximate surface area is 188 Å². The molecule has 0 amide bonds. The number of carbonyl (C=O) groups is 2. The predicted octanol–water partition coefficient (Wildman–Crippen LogP) is 3.84. The number of hydrogen-bond acceptors (Lipinski definition) is 5. The van der Waals surface area contributed by atoms with Gasteiger partial charge < -0.3 is 4.74 Å². The van der Waals surface area contributed by atoms with Crippen molar-refractivity contribution in [2.75, 3.05) is 6.54 Å². The van der Waals surface area contributed by atoms with Crippen LogP contribution in [0.4, 0.5) is 0 Å². The molecule has 0 unspecified atom stereocenters. The van der Waals surface area contributed by atoms with Gasteiger partial charge in [-0.25, -0.2) is 8.42 Å². The largest absolute Gasteiger partial charge is 0.454 e. The summed E-state index contributed by atoms with van der Waals surface area (Å²) in [6, 6.07) is 12.3. The topological polar surface area (TPSA) is 89.5 Å². The number of carbonyl (C=O) groups excluding carboxylic acids is 2. The monoisotopic (exact) mass is 455 g/mol. The second-order valence-electron chi connectivity index (χ2n) is 10.0. The molecule has 0 radical (unpaired) electrons. The van der Waals surface area contributed by atoms with Crippen molar-refractivity contribution in [3.63, 3.8) is 0 Å². The van der Waals surface area contributed by atoms with Gasteiger partial charge >= 0.3 is 5.97 Å². The van der Waals surface area contributed by atoms with Crippen molar-refractivity contribution in [1.82, 2.24) is 4.72 Å². The fourth-order valence-corrected chi connectivity index (χ4v) is 7.71. The van der Waals surface area contributed by atoms with Gasteiger partial charge in [0.25, 0.3) is 0 Å². The van der Waals surface area contributed by atoms with Crippen molar-refractivity contribution in [2.24, 2.45) is 23.2 Å². The molecule has 0 spiro atoms. The molecule has 170 valence electrons. The van der Waals surface area contributed by atoms with Gasteiger partial charge in [-0.1, -0.05) is 30.3 Å². The SMILES string of the molecule is C[C@H](OC(=O)CNS(=O)(=O)c1ccc2ccccc2c1)C(=O)C12CC3CC(CC(C3)C1)C2. The molecule has 4 bridgehead atoms. The van der Waals surface area contributed by atoms with Crippen LogP contribution < -0.4 is 4.72 Å². The van der Waals surface area contributed by atoms with Crippen molar-refractivity contribution in [1.29, 1.82) is 0 Å². The van der Waals surface area contributed by atoms with Gasteiger partial charge in [0.05, 0.1) is 4.90 Å². The summed E-state index contributed by atoms with van der Waals surface area (Å²) < 4.78 is 33.0. The molecular formula is C25H29NO5S. The number of nitrogens with one attached hydrogen (secondary N) is 1. The molecule has 2 aromatic carbocycles. The van der Waals surface area contributed by atoms with E-state index in [1.807, 2.05) is 24.3 Å². The second kappa shape index (κ2) is 7.96. The maximum Gasteiger partial charge on any atom is 0.321 e. The number of fused-ring (bicyclic) bond motifs is 1. The van der Waals surface area contributed by atoms with Crippen LogP contribution in [0.1, 0.15) is 45.4 Å². The van der Waals surface area contributed by atoms with Crippen LogP contribution in [-0.2, 0) is 24.3 Å². The minimum absolute atomic E-state index is 0.0161. The van der Waals surface area contributed by atoms with Gasteiger partial charge in [0.15, 0.2) is 11.9 Å². The first-order valence-corrected chi connectivity index (χ1v) is 12.9. The Morgan fingerprint density at radius 3 is 2.22 bits per heavy atom. The van der Waals surface area contributed by atoms with Crippen LogP contribution in [0.5, 0.6) is 0 Å². The molecular weight excluding hydrogens is 426 g/mol. The Balaban J connectivity index is 1.20. The van der Waals surface area contributed by atoms with E-state index in [0.29, 0.717) is 17.8 Å². The lowest BCUT2D eigenvalue weighted by molar-refractivity contribution is -0.164. The Kier molecular flexibility index (Phi) is 5.37. The lowest BCUT2D eigenvalue weighted by atomic mass is 9.48. The van der Waals surface area contributed by atoms with E-state index in [9.17, 15) is 18.0 Å². The number of sulfonamides is 1. The lowest BCUT2D eigenvalue weighted by Gasteiger charge is -2.56. The van der Waals surface area contributed by atoms with Crippen LogP contribution in [0.15, 0.2) is 47.4 Å². The fraction of sp³-hybridized carbons (Fsp3) is 0.520. The van der Waals surface area contributed by atoms with E-state index in [4.69, 9.17) is 4.74 Å². The van der Waals surface area contributed by atoms with Gasteiger partial charge in [-0.3, -0.25) is 9.59 Å². The number of ether oxygens (including phenoxy) is 1. The van der Waals surface area contributed by atoms with E-state index in [2.05, 4.69) is 4.72 Å². The number of rotatable bonds is 7. The Morgan fingerprint density at radius 1 is 1.00 bits per heavy atom. The Bertz CT molecular complexity index is 1140. The normalized spacial score (nSPS) is 29.7. The van der Waals surface area contributed by atoms with Gasteiger partial charge in [-0.15, -0.1) is 0 Å². The lowest BCUT2D eigenvalue weighted by Crippen LogP contribution is -2.53. The molecule has 4 fully saturated rings. The number of benzene rings is 2. The summed E-state index contributed by atoms with van der Waals surface area (Å²) in [5.41, 5.74) is -0.348. The summed E-state index contributed by atoms with van der Waals surface area (Å²) in [4.78, 5) is 25.7. The van der Waals surface area contributed by atoms with Crippen molar-refractivity contribution >= 4 is 32.5 Å². The zero-order valence-corrected chi connectivity index (χ0v) is 19.1. The van der Waals surface area contributed by atoms with Crippen molar-refractivity contribution < 1.29 is 22.7 Å². The van der Waals surface area contributed by atoms with Crippen LogP contribution in [0.3, 0.4) is 0 Å². The average molecular weight is 456 g/mol. The average Bonchev–Trinajstić information content (AvgIpc) is 2.76. The first-order valence-electron chi connectivity index (χ1n) is 11.5. The smallest absolute Gasteiger partial charge is 0.321 e. The zero-order valence-electron chi connectivity index (χ0n) is 18.3. The van der Waals surface area contributed by atoms with E-state index in [0.717, 1.165) is 30.0 Å².